The van der Waals surface area contributed by atoms with E-state index in [1.54, 1.807) is 18.2 Å². The Kier molecular flexibility index (Phi) is 4.88. The lowest BCUT2D eigenvalue weighted by molar-refractivity contribution is 0.373. The number of sulfonamides is 1. The fourth-order valence-corrected chi connectivity index (χ4v) is 3.50. The summed E-state index contributed by atoms with van der Waals surface area (Å²) >= 11 is 0. The summed E-state index contributed by atoms with van der Waals surface area (Å²) < 4.78 is 25.7. The van der Waals surface area contributed by atoms with Gasteiger partial charge in [0.15, 0.2) is 0 Å². The number of rotatable bonds is 5. The highest BCUT2D eigenvalue weighted by Crippen LogP contribution is 2.26. The normalized spacial score (nSPS) is 17.1. The number of benzene rings is 1. The molecular weight excluding hydrogens is 274 g/mol. The van der Waals surface area contributed by atoms with Crippen LogP contribution in [0, 0.1) is 5.92 Å². The molecule has 20 heavy (non-hydrogen) atoms. The van der Waals surface area contributed by atoms with Crippen LogP contribution in [0.5, 0.6) is 0 Å². The molecule has 4 N–H and O–H groups in total. The Bertz CT molecular complexity index is 552. The number of hydrogen-bond acceptors (Lipinski definition) is 4. The molecule has 0 unspecified atom stereocenters. The molecular formula is C14H23N3O2S. The number of nitrogen functional groups attached to an aromatic ring is 1. The Morgan fingerprint density at radius 2 is 1.95 bits per heavy atom. The Morgan fingerprint density at radius 1 is 1.25 bits per heavy atom. The van der Waals surface area contributed by atoms with Crippen LogP contribution in [0.3, 0.4) is 0 Å². The molecule has 1 aromatic carbocycles. The first-order valence-corrected chi connectivity index (χ1v) is 8.58. The van der Waals surface area contributed by atoms with Crippen LogP contribution in [0.25, 0.3) is 0 Å². The zero-order valence-corrected chi connectivity index (χ0v) is 12.7. The average Bonchev–Trinajstić information content (AvgIpc) is 2.46. The molecule has 0 bridgehead atoms. The number of hydrogen-bond donors (Lipinski definition) is 3. The van der Waals surface area contributed by atoms with Crippen LogP contribution < -0.4 is 15.8 Å². The van der Waals surface area contributed by atoms with E-state index in [0.29, 0.717) is 5.92 Å². The molecule has 1 fully saturated rings. The minimum atomic E-state index is -3.48. The minimum absolute atomic E-state index is 0.128. The molecule has 1 saturated carbocycles. The highest BCUT2D eigenvalue weighted by Gasteiger charge is 2.16. The molecule has 0 aromatic heterocycles. The molecule has 0 saturated heterocycles. The summed E-state index contributed by atoms with van der Waals surface area (Å²) in [6.07, 6.45) is 6.52. The van der Waals surface area contributed by atoms with Crippen molar-refractivity contribution in [2.45, 2.75) is 37.0 Å². The summed E-state index contributed by atoms with van der Waals surface area (Å²) in [5, 5.41) is 3.36. The fraction of sp³-hybridized carbons (Fsp3) is 0.571. The van der Waals surface area contributed by atoms with Gasteiger partial charge in [0.2, 0.25) is 10.0 Å². The third kappa shape index (κ3) is 3.64. The predicted octanol–water partition coefficient (Wildman–Crippen LogP) is 2.17. The van der Waals surface area contributed by atoms with Gasteiger partial charge in [0.25, 0.3) is 0 Å². The molecule has 0 aliphatic heterocycles. The molecule has 5 nitrogen and oxygen atoms in total. The van der Waals surface area contributed by atoms with E-state index in [0.717, 1.165) is 12.2 Å². The summed E-state index contributed by atoms with van der Waals surface area (Å²) in [6.45, 7) is 0.928. The first kappa shape index (κ1) is 15.1. The molecule has 6 heteroatoms. The van der Waals surface area contributed by atoms with Crippen molar-refractivity contribution < 1.29 is 8.42 Å². The van der Waals surface area contributed by atoms with Crippen LogP contribution in [-0.4, -0.2) is 22.0 Å². The number of nitrogens with two attached hydrogens (primary N) is 1. The van der Waals surface area contributed by atoms with Gasteiger partial charge >= 0.3 is 0 Å². The van der Waals surface area contributed by atoms with Gasteiger partial charge in [-0.2, -0.15) is 0 Å². The van der Waals surface area contributed by atoms with Crippen LogP contribution in [0.15, 0.2) is 23.1 Å². The highest BCUT2D eigenvalue weighted by molar-refractivity contribution is 7.89. The summed E-state index contributed by atoms with van der Waals surface area (Å²) in [6, 6.07) is 5.00. The van der Waals surface area contributed by atoms with E-state index in [1.165, 1.54) is 39.2 Å². The summed E-state index contributed by atoms with van der Waals surface area (Å²) in [5.74, 6) is 0.714. The van der Waals surface area contributed by atoms with E-state index in [1.807, 2.05) is 0 Å². The molecule has 1 aliphatic carbocycles. The lowest BCUT2D eigenvalue weighted by Crippen LogP contribution is -2.20. The standard InChI is InChI=1S/C14H23N3O2S/c1-16-20(18,19)14-8-7-12(9-13(14)15)17-10-11-5-3-2-4-6-11/h7-9,11,16-17H,2-6,10,15H2,1H3. The second kappa shape index (κ2) is 6.45. The Labute approximate surface area is 121 Å². The van der Waals surface area contributed by atoms with Gasteiger partial charge in [0, 0.05) is 12.2 Å². The van der Waals surface area contributed by atoms with Crippen molar-refractivity contribution in [1.29, 1.82) is 0 Å². The molecule has 0 radical (unpaired) electrons. The molecule has 0 heterocycles. The van der Waals surface area contributed by atoms with E-state index in [-0.39, 0.29) is 10.6 Å². The van der Waals surface area contributed by atoms with Crippen molar-refractivity contribution in [2.75, 3.05) is 24.6 Å². The zero-order chi connectivity index (χ0) is 14.6. The van der Waals surface area contributed by atoms with Crippen molar-refractivity contribution >= 4 is 21.4 Å². The Balaban J connectivity index is 2.02. The van der Waals surface area contributed by atoms with Crippen molar-refractivity contribution in [2.24, 2.45) is 5.92 Å². The van der Waals surface area contributed by atoms with Gasteiger partial charge in [-0.05, 0) is 44.0 Å². The average molecular weight is 297 g/mol. The van der Waals surface area contributed by atoms with Crippen molar-refractivity contribution in [1.82, 2.24) is 4.72 Å². The van der Waals surface area contributed by atoms with Gasteiger partial charge in [-0.25, -0.2) is 13.1 Å². The predicted molar refractivity (Wildman–Crippen MR) is 82.2 cm³/mol. The van der Waals surface area contributed by atoms with Crippen LogP contribution >= 0.6 is 0 Å². The molecule has 0 atom stereocenters. The fourth-order valence-electron chi connectivity index (χ4n) is 2.67. The van der Waals surface area contributed by atoms with E-state index in [4.69, 9.17) is 5.73 Å². The summed E-state index contributed by atoms with van der Waals surface area (Å²) in [7, 11) is -2.10. The van der Waals surface area contributed by atoms with Gasteiger partial charge in [0.05, 0.1) is 5.69 Å². The van der Waals surface area contributed by atoms with Crippen molar-refractivity contribution in [3.8, 4) is 0 Å². The third-order valence-electron chi connectivity index (χ3n) is 3.89. The summed E-state index contributed by atoms with van der Waals surface area (Å²) in [4.78, 5) is 0.128. The molecule has 1 aromatic rings. The van der Waals surface area contributed by atoms with E-state index in [9.17, 15) is 8.42 Å². The van der Waals surface area contributed by atoms with Crippen LogP contribution in [0.2, 0.25) is 0 Å². The third-order valence-corrected chi connectivity index (χ3v) is 5.38. The highest BCUT2D eigenvalue weighted by atomic mass is 32.2. The first-order chi connectivity index (χ1) is 9.53. The van der Waals surface area contributed by atoms with Crippen molar-refractivity contribution in [3.63, 3.8) is 0 Å². The van der Waals surface area contributed by atoms with Gasteiger partial charge in [0.1, 0.15) is 4.90 Å². The van der Waals surface area contributed by atoms with E-state index in [2.05, 4.69) is 10.0 Å². The maximum atomic E-state index is 11.7. The maximum absolute atomic E-state index is 11.7. The zero-order valence-electron chi connectivity index (χ0n) is 11.9. The second-order valence-corrected chi connectivity index (χ2v) is 7.20. The SMILES string of the molecule is CNS(=O)(=O)c1ccc(NCC2CCCCC2)cc1N. The first-order valence-electron chi connectivity index (χ1n) is 7.10. The maximum Gasteiger partial charge on any atom is 0.242 e. The molecule has 1 aliphatic rings. The molecule has 0 spiro atoms. The molecule has 112 valence electrons. The lowest BCUT2D eigenvalue weighted by Gasteiger charge is -2.22. The quantitative estimate of drug-likeness (QED) is 0.727. The van der Waals surface area contributed by atoms with Gasteiger partial charge in [-0.15, -0.1) is 0 Å². The van der Waals surface area contributed by atoms with Gasteiger partial charge in [-0.3, -0.25) is 0 Å². The Hall–Kier alpha value is -1.27. The van der Waals surface area contributed by atoms with Gasteiger partial charge < -0.3 is 11.1 Å². The van der Waals surface area contributed by atoms with Gasteiger partial charge in [-0.1, -0.05) is 19.3 Å². The number of anilines is 2. The Morgan fingerprint density at radius 3 is 2.55 bits per heavy atom. The van der Waals surface area contributed by atoms with Crippen LogP contribution in [-0.2, 0) is 10.0 Å². The van der Waals surface area contributed by atoms with E-state index < -0.39 is 10.0 Å². The van der Waals surface area contributed by atoms with E-state index >= 15 is 0 Å². The number of nitrogens with one attached hydrogen (secondary N) is 2. The monoisotopic (exact) mass is 297 g/mol. The van der Waals surface area contributed by atoms with Crippen LogP contribution in [0.4, 0.5) is 11.4 Å². The van der Waals surface area contributed by atoms with Crippen LogP contribution in [0.1, 0.15) is 32.1 Å². The largest absolute Gasteiger partial charge is 0.398 e. The smallest absolute Gasteiger partial charge is 0.242 e. The minimum Gasteiger partial charge on any atom is -0.398 e. The molecule has 0 amide bonds. The lowest BCUT2D eigenvalue weighted by atomic mass is 9.89. The second-order valence-electron chi connectivity index (χ2n) is 5.35. The van der Waals surface area contributed by atoms with Crippen molar-refractivity contribution in [3.05, 3.63) is 18.2 Å². The topological polar surface area (TPSA) is 84.2 Å². The summed E-state index contributed by atoms with van der Waals surface area (Å²) in [5.41, 5.74) is 6.98. The molecule has 2 rings (SSSR count).